The van der Waals surface area contributed by atoms with Crippen LogP contribution < -0.4 is 0 Å². The molecule has 2 N–H and O–H groups in total. The summed E-state index contributed by atoms with van der Waals surface area (Å²) in [5.74, 6) is -1.00. The van der Waals surface area contributed by atoms with E-state index in [0.29, 0.717) is 6.42 Å². The van der Waals surface area contributed by atoms with Crippen molar-refractivity contribution >= 4 is 11.9 Å². The summed E-state index contributed by atoms with van der Waals surface area (Å²) in [6.45, 7) is 1.51. The van der Waals surface area contributed by atoms with Crippen molar-refractivity contribution in [3.8, 4) is 0 Å². The first-order chi connectivity index (χ1) is 8.56. The minimum Gasteiger partial charge on any atom is -0.481 e. The molecule has 0 aliphatic rings. The van der Waals surface area contributed by atoms with Gasteiger partial charge in [-0.05, 0) is 19.8 Å². The van der Waals surface area contributed by atoms with Gasteiger partial charge >= 0.3 is 11.9 Å². The SMILES string of the molecule is CC(CO)OC(=O)CCCCCCCCC(=O)O. The molecule has 0 fully saturated rings. The van der Waals surface area contributed by atoms with Crippen LogP contribution in [0.2, 0.25) is 0 Å². The van der Waals surface area contributed by atoms with E-state index in [1.54, 1.807) is 6.92 Å². The van der Waals surface area contributed by atoms with Gasteiger partial charge in [-0.15, -0.1) is 0 Å². The van der Waals surface area contributed by atoms with Crippen LogP contribution in [0.4, 0.5) is 0 Å². The zero-order chi connectivity index (χ0) is 13.8. The number of aliphatic hydroxyl groups excluding tert-OH is 1. The lowest BCUT2D eigenvalue weighted by Crippen LogP contribution is -2.18. The Hall–Kier alpha value is -1.10. The number of aliphatic hydroxyl groups is 1. The normalized spacial score (nSPS) is 12.1. The van der Waals surface area contributed by atoms with E-state index in [1.165, 1.54) is 0 Å². The molecule has 0 bridgehead atoms. The molecule has 0 aromatic rings. The Kier molecular flexibility index (Phi) is 10.3. The summed E-state index contributed by atoms with van der Waals surface area (Å²) in [5.41, 5.74) is 0. The Bertz CT molecular complexity index is 240. The largest absolute Gasteiger partial charge is 0.481 e. The van der Waals surface area contributed by atoms with Crippen molar-refractivity contribution in [2.45, 2.75) is 64.4 Å². The van der Waals surface area contributed by atoms with Crippen LogP contribution in [-0.4, -0.2) is 34.9 Å². The number of aliphatic carboxylic acids is 1. The average molecular weight is 260 g/mol. The van der Waals surface area contributed by atoms with Gasteiger partial charge in [-0.25, -0.2) is 0 Å². The summed E-state index contributed by atoms with van der Waals surface area (Å²) in [5, 5.41) is 17.1. The van der Waals surface area contributed by atoms with Crippen LogP contribution in [0.25, 0.3) is 0 Å². The van der Waals surface area contributed by atoms with E-state index in [1.807, 2.05) is 0 Å². The molecule has 0 saturated carbocycles. The Morgan fingerprint density at radius 1 is 1.00 bits per heavy atom. The summed E-state index contributed by atoms with van der Waals surface area (Å²) in [6.07, 6.45) is 5.63. The molecule has 0 aliphatic heterocycles. The van der Waals surface area contributed by atoms with E-state index in [9.17, 15) is 9.59 Å². The molecule has 1 atom stereocenters. The van der Waals surface area contributed by atoms with Crippen molar-refractivity contribution in [2.24, 2.45) is 0 Å². The van der Waals surface area contributed by atoms with Gasteiger partial charge < -0.3 is 14.9 Å². The van der Waals surface area contributed by atoms with E-state index in [0.717, 1.165) is 38.5 Å². The van der Waals surface area contributed by atoms with Crippen LogP contribution >= 0.6 is 0 Å². The highest BCUT2D eigenvalue weighted by Crippen LogP contribution is 2.09. The number of rotatable bonds is 11. The summed E-state index contributed by atoms with van der Waals surface area (Å²) in [6, 6.07) is 0. The molecule has 0 radical (unpaired) electrons. The Labute approximate surface area is 108 Å². The van der Waals surface area contributed by atoms with E-state index >= 15 is 0 Å². The van der Waals surface area contributed by atoms with Crippen LogP contribution in [0.1, 0.15) is 58.3 Å². The van der Waals surface area contributed by atoms with Crippen LogP contribution in [0.3, 0.4) is 0 Å². The number of esters is 1. The van der Waals surface area contributed by atoms with Crippen LogP contribution in [-0.2, 0) is 14.3 Å². The maximum Gasteiger partial charge on any atom is 0.306 e. The number of carboxylic acid groups (broad SMARTS) is 1. The first-order valence-corrected chi connectivity index (χ1v) is 6.58. The van der Waals surface area contributed by atoms with Gasteiger partial charge in [0.15, 0.2) is 0 Å². The fourth-order valence-corrected chi connectivity index (χ4v) is 1.57. The van der Waals surface area contributed by atoms with Crippen molar-refractivity contribution in [2.75, 3.05) is 6.61 Å². The average Bonchev–Trinajstić information content (AvgIpc) is 2.31. The van der Waals surface area contributed by atoms with Gasteiger partial charge in [-0.3, -0.25) is 9.59 Å². The molecule has 0 heterocycles. The molecule has 18 heavy (non-hydrogen) atoms. The zero-order valence-electron chi connectivity index (χ0n) is 11.1. The Balaban J connectivity index is 3.25. The molecular formula is C13H24O5. The highest BCUT2D eigenvalue weighted by atomic mass is 16.5. The molecule has 5 heteroatoms. The smallest absolute Gasteiger partial charge is 0.306 e. The molecule has 0 aromatic heterocycles. The maximum absolute atomic E-state index is 11.2. The van der Waals surface area contributed by atoms with Crippen molar-refractivity contribution in [1.82, 2.24) is 0 Å². The van der Waals surface area contributed by atoms with E-state index < -0.39 is 12.1 Å². The fourth-order valence-electron chi connectivity index (χ4n) is 1.57. The number of unbranched alkanes of at least 4 members (excludes halogenated alkanes) is 5. The number of carbonyl (C=O) groups excluding carboxylic acids is 1. The van der Waals surface area contributed by atoms with Crippen LogP contribution in [0, 0.1) is 0 Å². The number of ether oxygens (including phenoxy) is 1. The number of hydrogen-bond donors (Lipinski definition) is 2. The number of carboxylic acids is 1. The molecule has 0 aliphatic carbocycles. The van der Waals surface area contributed by atoms with Gasteiger partial charge in [0.05, 0.1) is 6.61 Å². The lowest BCUT2D eigenvalue weighted by atomic mass is 10.1. The van der Waals surface area contributed by atoms with Gasteiger partial charge in [0.1, 0.15) is 6.10 Å². The van der Waals surface area contributed by atoms with Crippen molar-refractivity contribution in [3.05, 3.63) is 0 Å². The predicted molar refractivity (Wildman–Crippen MR) is 67.2 cm³/mol. The summed E-state index contributed by atoms with van der Waals surface area (Å²) in [7, 11) is 0. The monoisotopic (exact) mass is 260 g/mol. The Morgan fingerprint density at radius 3 is 2.00 bits per heavy atom. The maximum atomic E-state index is 11.2. The topological polar surface area (TPSA) is 83.8 Å². The summed E-state index contributed by atoms with van der Waals surface area (Å²) in [4.78, 5) is 21.5. The molecule has 5 nitrogen and oxygen atoms in total. The molecule has 0 aromatic carbocycles. The second-order valence-electron chi connectivity index (χ2n) is 4.50. The molecule has 0 amide bonds. The quantitative estimate of drug-likeness (QED) is 0.439. The van der Waals surface area contributed by atoms with Crippen LogP contribution in [0.15, 0.2) is 0 Å². The molecule has 0 spiro atoms. The standard InChI is InChI=1S/C13H24O5/c1-11(10-14)18-13(17)9-7-5-3-2-4-6-8-12(15)16/h11,14H,2-10H2,1H3,(H,15,16). The molecule has 1 unspecified atom stereocenters. The minimum atomic E-state index is -0.740. The first-order valence-electron chi connectivity index (χ1n) is 6.58. The van der Waals surface area contributed by atoms with E-state index in [4.69, 9.17) is 14.9 Å². The lowest BCUT2D eigenvalue weighted by molar-refractivity contribution is -0.150. The third-order valence-electron chi connectivity index (χ3n) is 2.61. The fraction of sp³-hybridized carbons (Fsp3) is 0.846. The third-order valence-corrected chi connectivity index (χ3v) is 2.61. The molecular weight excluding hydrogens is 236 g/mol. The Morgan fingerprint density at radius 2 is 1.50 bits per heavy atom. The van der Waals surface area contributed by atoms with Gasteiger partial charge in [-0.1, -0.05) is 25.7 Å². The highest BCUT2D eigenvalue weighted by Gasteiger charge is 2.07. The second-order valence-corrected chi connectivity index (χ2v) is 4.50. The second kappa shape index (κ2) is 11.0. The summed E-state index contributed by atoms with van der Waals surface area (Å²) < 4.78 is 4.92. The first kappa shape index (κ1) is 16.9. The van der Waals surface area contributed by atoms with Crippen molar-refractivity contribution in [1.29, 1.82) is 0 Å². The van der Waals surface area contributed by atoms with E-state index in [-0.39, 0.29) is 19.0 Å². The predicted octanol–water partition coefficient (Wildman–Crippen LogP) is 2.12. The zero-order valence-corrected chi connectivity index (χ0v) is 11.1. The van der Waals surface area contributed by atoms with Crippen LogP contribution in [0.5, 0.6) is 0 Å². The number of carbonyl (C=O) groups is 2. The van der Waals surface area contributed by atoms with Gasteiger partial charge in [0.25, 0.3) is 0 Å². The summed E-state index contributed by atoms with van der Waals surface area (Å²) >= 11 is 0. The highest BCUT2D eigenvalue weighted by molar-refractivity contribution is 5.69. The van der Waals surface area contributed by atoms with E-state index in [2.05, 4.69) is 0 Å². The van der Waals surface area contributed by atoms with Crippen molar-refractivity contribution in [3.63, 3.8) is 0 Å². The van der Waals surface area contributed by atoms with Crippen molar-refractivity contribution < 1.29 is 24.5 Å². The molecule has 106 valence electrons. The third kappa shape index (κ3) is 11.4. The molecule has 0 rings (SSSR count). The minimum absolute atomic E-state index is 0.144. The molecule has 0 saturated heterocycles. The number of hydrogen-bond acceptors (Lipinski definition) is 4. The van der Waals surface area contributed by atoms with Gasteiger partial charge in [0.2, 0.25) is 0 Å². The lowest BCUT2D eigenvalue weighted by Gasteiger charge is -2.09. The van der Waals surface area contributed by atoms with Gasteiger partial charge in [0, 0.05) is 12.8 Å². The van der Waals surface area contributed by atoms with Gasteiger partial charge in [-0.2, -0.15) is 0 Å².